The molecule has 1 saturated heterocycles. The van der Waals surface area contributed by atoms with E-state index in [1.165, 1.54) is 16.7 Å². The topological polar surface area (TPSA) is 84.8 Å². The summed E-state index contributed by atoms with van der Waals surface area (Å²) < 4.78 is 21.1. The molecule has 4 aromatic rings. The smallest absolute Gasteiger partial charge is 0.420 e. The first-order valence-corrected chi connectivity index (χ1v) is 10.9. The Morgan fingerprint density at radius 3 is 2.72 bits per heavy atom. The van der Waals surface area contributed by atoms with Crippen molar-refractivity contribution < 1.29 is 13.9 Å². The number of aromatic amines is 1. The molecule has 8 heteroatoms. The quantitative estimate of drug-likeness (QED) is 0.487. The number of halogens is 1. The Kier molecular flexibility index (Phi) is 5.45. The van der Waals surface area contributed by atoms with Gasteiger partial charge in [-0.05, 0) is 57.1 Å². The van der Waals surface area contributed by atoms with Crippen LogP contribution < -0.4 is 5.32 Å². The van der Waals surface area contributed by atoms with Gasteiger partial charge in [-0.2, -0.15) is 0 Å². The molecule has 1 aliphatic rings. The third-order valence-corrected chi connectivity index (χ3v) is 5.77. The summed E-state index contributed by atoms with van der Waals surface area (Å²) in [6, 6.07) is 13.9. The van der Waals surface area contributed by atoms with Crippen molar-refractivity contribution in [1.82, 2.24) is 24.8 Å². The number of H-pyrrole nitrogens is 1. The van der Waals surface area contributed by atoms with Crippen LogP contribution in [-0.2, 0) is 4.74 Å². The van der Waals surface area contributed by atoms with Gasteiger partial charge in [0.05, 0.1) is 17.6 Å². The second-order valence-corrected chi connectivity index (χ2v) is 7.84. The maximum absolute atomic E-state index is 14.1. The van der Waals surface area contributed by atoms with E-state index >= 15 is 0 Å². The van der Waals surface area contributed by atoms with Crippen LogP contribution in [0, 0.1) is 5.82 Å². The minimum Gasteiger partial charge on any atom is -0.449 e. The third kappa shape index (κ3) is 3.67. The van der Waals surface area contributed by atoms with Gasteiger partial charge in [0.1, 0.15) is 23.0 Å². The number of nitrogens with one attached hydrogen (secondary N) is 2. The number of para-hydroxylation sites is 2. The van der Waals surface area contributed by atoms with Gasteiger partial charge >= 0.3 is 6.09 Å². The molecule has 7 nitrogen and oxygen atoms in total. The number of rotatable bonds is 4. The molecule has 2 aromatic heterocycles. The van der Waals surface area contributed by atoms with Gasteiger partial charge < -0.3 is 15.0 Å². The first-order valence-electron chi connectivity index (χ1n) is 10.9. The highest BCUT2D eigenvalue weighted by Gasteiger charge is 2.31. The van der Waals surface area contributed by atoms with Crippen LogP contribution >= 0.6 is 0 Å². The van der Waals surface area contributed by atoms with E-state index in [0.29, 0.717) is 28.6 Å². The summed E-state index contributed by atoms with van der Waals surface area (Å²) in [5.74, 6) is 0.823. The minimum atomic E-state index is -0.508. The van der Waals surface area contributed by atoms with Crippen molar-refractivity contribution in [1.29, 1.82) is 0 Å². The summed E-state index contributed by atoms with van der Waals surface area (Å²) >= 11 is 0. The molecule has 0 bridgehead atoms. The minimum absolute atomic E-state index is 0.0751. The SMILES string of the molecule is CCOC(=O)n1c(C2CCNCC2)nc(-c2cccc(F)c2)c1-c1nc2ccccc2[nH]1. The second-order valence-electron chi connectivity index (χ2n) is 7.84. The number of fused-ring (bicyclic) bond motifs is 1. The summed E-state index contributed by atoms with van der Waals surface area (Å²) in [6.45, 7) is 3.69. The van der Waals surface area contributed by atoms with E-state index in [1.807, 2.05) is 24.3 Å². The van der Waals surface area contributed by atoms with Crippen molar-refractivity contribution in [2.75, 3.05) is 19.7 Å². The number of carbonyl (C=O) groups excluding carboxylic acids is 1. The van der Waals surface area contributed by atoms with E-state index in [0.717, 1.165) is 37.0 Å². The standard InChI is InChI=1S/C24H24FN5O2/c1-2-32-24(31)30-21(22-27-18-8-3-4-9-19(18)28-22)20(16-6-5-7-17(25)14-16)29-23(30)15-10-12-26-13-11-15/h3-9,14-15,26H,2,10-13H2,1H3,(H,27,28). The number of nitrogens with zero attached hydrogens (tertiary/aromatic N) is 3. The molecule has 0 unspecified atom stereocenters. The van der Waals surface area contributed by atoms with Crippen molar-refractivity contribution in [3.63, 3.8) is 0 Å². The third-order valence-electron chi connectivity index (χ3n) is 5.77. The monoisotopic (exact) mass is 433 g/mol. The highest BCUT2D eigenvalue weighted by Crippen LogP contribution is 2.37. The largest absolute Gasteiger partial charge is 0.449 e. The summed E-state index contributed by atoms with van der Waals surface area (Å²) in [5.41, 5.74) is 3.18. The van der Waals surface area contributed by atoms with Crippen molar-refractivity contribution in [3.05, 3.63) is 60.2 Å². The lowest BCUT2D eigenvalue weighted by atomic mass is 9.97. The second kappa shape index (κ2) is 8.55. The fraction of sp³-hybridized carbons (Fsp3) is 0.292. The lowest BCUT2D eigenvalue weighted by molar-refractivity contribution is 0.152. The number of ether oxygens (including phenoxy) is 1. The van der Waals surface area contributed by atoms with Gasteiger partial charge in [0.25, 0.3) is 0 Å². The van der Waals surface area contributed by atoms with Crippen molar-refractivity contribution >= 4 is 17.1 Å². The Morgan fingerprint density at radius 1 is 1.16 bits per heavy atom. The van der Waals surface area contributed by atoms with Crippen LogP contribution in [0.15, 0.2) is 48.5 Å². The predicted octanol–water partition coefficient (Wildman–Crippen LogP) is 4.70. The first-order chi connectivity index (χ1) is 15.7. The molecule has 164 valence electrons. The summed E-state index contributed by atoms with van der Waals surface area (Å²) in [4.78, 5) is 26.1. The Balaban J connectivity index is 1.79. The molecular formula is C24H24FN5O2. The molecule has 32 heavy (non-hydrogen) atoms. The molecule has 0 amide bonds. The zero-order chi connectivity index (χ0) is 22.1. The van der Waals surface area contributed by atoms with Crippen LogP contribution in [0.25, 0.3) is 33.8 Å². The number of benzene rings is 2. The lowest BCUT2D eigenvalue weighted by Crippen LogP contribution is -2.29. The van der Waals surface area contributed by atoms with E-state index < -0.39 is 6.09 Å². The number of hydrogen-bond acceptors (Lipinski definition) is 5. The van der Waals surface area contributed by atoms with E-state index in [2.05, 4.69) is 10.3 Å². The number of hydrogen-bond donors (Lipinski definition) is 2. The average molecular weight is 433 g/mol. The molecule has 3 heterocycles. The van der Waals surface area contributed by atoms with Crippen molar-refractivity contribution in [2.24, 2.45) is 0 Å². The Morgan fingerprint density at radius 2 is 1.97 bits per heavy atom. The van der Waals surface area contributed by atoms with Crippen LogP contribution in [0.2, 0.25) is 0 Å². The summed E-state index contributed by atoms with van der Waals surface area (Å²) in [5, 5.41) is 3.35. The number of carbonyl (C=O) groups is 1. The van der Waals surface area contributed by atoms with Gasteiger partial charge in [-0.15, -0.1) is 0 Å². The fourth-order valence-electron chi connectivity index (χ4n) is 4.28. The number of imidazole rings is 2. The van der Waals surface area contributed by atoms with E-state index in [1.54, 1.807) is 19.1 Å². The van der Waals surface area contributed by atoms with Crippen LogP contribution in [0.3, 0.4) is 0 Å². The average Bonchev–Trinajstić information content (AvgIpc) is 3.41. The van der Waals surface area contributed by atoms with Crippen LogP contribution in [0.4, 0.5) is 9.18 Å². The van der Waals surface area contributed by atoms with Gasteiger partial charge in [-0.3, -0.25) is 0 Å². The van der Waals surface area contributed by atoms with Crippen molar-refractivity contribution in [2.45, 2.75) is 25.7 Å². The highest BCUT2D eigenvalue weighted by atomic mass is 19.1. The van der Waals surface area contributed by atoms with Crippen LogP contribution in [0.1, 0.15) is 31.5 Å². The van der Waals surface area contributed by atoms with Gasteiger partial charge in [-0.1, -0.05) is 24.3 Å². The molecule has 2 N–H and O–H groups in total. The molecule has 0 atom stereocenters. The Bertz CT molecular complexity index is 1240. The normalized spacial score (nSPS) is 14.7. The van der Waals surface area contributed by atoms with Gasteiger partial charge in [0.15, 0.2) is 5.82 Å². The maximum atomic E-state index is 14.1. The lowest BCUT2D eigenvalue weighted by Gasteiger charge is -2.22. The molecule has 0 spiro atoms. The van der Waals surface area contributed by atoms with Gasteiger partial charge in [0.2, 0.25) is 0 Å². The van der Waals surface area contributed by atoms with E-state index in [9.17, 15) is 9.18 Å². The summed E-state index contributed by atoms with van der Waals surface area (Å²) in [6.07, 6.45) is 1.18. The molecular weight excluding hydrogens is 409 g/mol. The van der Waals surface area contributed by atoms with Gasteiger partial charge in [-0.25, -0.2) is 23.7 Å². The van der Waals surface area contributed by atoms with Gasteiger partial charge in [0, 0.05) is 11.5 Å². The predicted molar refractivity (Wildman–Crippen MR) is 120 cm³/mol. The zero-order valence-corrected chi connectivity index (χ0v) is 17.8. The van der Waals surface area contributed by atoms with Crippen LogP contribution in [-0.4, -0.2) is 45.3 Å². The molecule has 2 aromatic carbocycles. The molecule has 0 radical (unpaired) electrons. The fourth-order valence-corrected chi connectivity index (χ4v) is 4.28. The Labute approximate surface area is 184 Å². The molecule has 0 saturated carbocycles. The number of aromatic nitrogens is 4. The summed E-state index contributed by atoms with van der Waals surface area (Å²) in [7, 11) is 0. The Hall–Kier alpha value is -3.52. The van der Waals surface area contributed by atoms with E-state index in [-0.39, 0.29) is 18.3 Å². The molecule has 0 aliphatic carbocycles. The zero-order valence-electron chi connectivity index (χ0n) is 17.8. The molecule has 1 aliphatic heterocycles. The molecule has 1 fully saturated rings. The first kappa shape index (κ1) is 20.4. The highest BCUT2D eigenvalue weighted by molar-refractivity contribution is 5.88. The van der Waals surface area contributed by atoms with Crippen LogP contribution in [0.5, 0.6) is 0 Å². The number of piperidine rings is 1. The molecule has 5 rings (SSSR count). The maximum Gasteiger partial charge on any atom is 0.420 e. The van der Waals surface area contributed by atoms with Crippen molar-refractivity contribution in [3.8, 4) is 22.8 Å². The van der Waals surface area contributed by atoms with E-state index in [4.69, 9.17) is 14.7 Å².